The van der Waals surface area contributed by atoms with Crippen LogP contribution in [-0.4, -0.2) is 32.6 Å². The fourth-order valence-corrected chi connectivity index (χ4v) is 4.03. The van der Waals surface area contributed by atoms with Gasteiger partial charge < -0.3 is 14.8 Å². The Kier molecular flexibility index (Phi) is 10.8. The summed E-state index contributed by atoms with van der Waals surface area (Å²) in [5, 5.41) is 2.90. The van der Waals surface area contributed by atoms with Crippen LogP contribution in [0, 0.1) is 0 Å². The first-order chi connectivity index (χ1) is 15.0. The number of carbonyl (C=O) groups excluding carboxylic acids is 2. The summed E-state index contributed by atoms with van der Waals surface area (Å²) in [5.74, 6) is 1.07. The molecule has 0 saturated heterocycles. The predicted octanol–water partition coefficient (Wildman–Crippen LogP) is 4.34. The zero-order chi connectivity index (χ0) is 22.6. The number of hydrazine groups is 1. The van der Waals surface area contributed by atoms with E-state index in [-0.39, 0.29) is 11.8 Å². The summed E-state index contributed by atoms with van der Waals surface area (Å²) in [5.41, 5.74) is 7.19. The maximum atomic E-state index is 12.1. The molecule has 3 N–H and O–H groups in total. The molecule has 0 saturated carbocycles. The molecule has 0 unspecified atom stereocenters. The number of amides is 2. The molecule has 0 atom stereocenters. The highest BCUT2D eigenvalue weighted by atomic mass is 79.9. The van der Waals surface area contributed by atoms with E-state index < -0.39 is 0 Å². The van der Waals surface area contributed by atoms with Crippen molar-refractivity contribution >= 4 is 43.7 Å². The van der Waals surface area contributed by atoms with E-state index in [9.17, 15) is 9.59 Å². The molecule has 0 radical (unpaired) electrons. The van der Waals surface area contributed by atoms with Gasteiger partial charge in [-0.15, -0.1) is 0 Å². The van der Waals surface area contributed by atoms with Crippen molar-refractivity contribution in [1.82, 2.24) is 16.2 Å². The molecule has 2 amide bonds. The molecule has 2 aromatic carbocycles. The van der Waals surface area contributed by atoms with E-state index in [2.05, 4.69) is 48.0 Å². The molecule has 2 rings (SSSR count). The molecule has 0 bridgehead atoms. The van der Waals surface area contributed by atoms with Crippen LogP contribution in [0.4, 0.5) is 0 Å². The van der Waals surface area contributed by atoms with Gasteiger partial charge in [-0.1, -0.05) is 18.6 Å². The van der Waals surface area contributed by atoms with Crippen LogP contribution in [0.15, 0.2) is 45.3 Å². The third kappa shape index (κ3) is 8.16. The SMILES string of the molecule is COc1cc(CNNC(=O)CCCCCNC(=O)c2ccccc2Br)cc(Br)c1OC. The van der Waals surface area contributed by atoms with E-state index >= 15 is 0 Å². The normalized spacial score (nSPS) is 10.5. The second-order valence-corrected chi connectivity index (χ2v) is 8.47. The summed E-state index contributed by atoms with van der Waals surface area (Å²) in [6.45, 7) is 1.03. The van der Waals surface area contributed by atoms with Gasteiger partial charge in [-0.05, 0) is 74.5 Å². The molecule has 0 aliphatic carbocycles. The van der Waals surface area contributed by atoms with E-state index in [0.717, 1.165) is 33.8 Å². The number of methoxy groups -OCH3 is 2. The average molecular weight is 557 g/mol. The van der Waals surface area contributed by atoms with Gasteiger partial charge in [0.15, 0.2) is 11.5 Å². The number of unbranched alkanes of at least 4 members (excludes halogenated alkanes) is 2. The van der Waals surface area contributed by atoms with Crippen molar-refractivity contribution < 1.29 is 19.1 Å². The van der Waals surface area contributed by atoms with Crippen LogP contribution in [0.1, 0.15) is 41.6 Å². The zero-order valence-electron chi connectivity index (χ0n) is 17.6. The summed E-state index contributed by atoms with van der Waals surface area (Å²) in [6, 6.07) is 11.1. The van der Waals surface area contributed by atoms with Gasteiger partial charge in [0.05, 0.1) is 24.3 Å². The molecule has 0 heterocycles. The summed E-state index contributed by atoms with van der Waals surface area (Å²) < 4.78 is 12.2. The van der Waals surface area contributed by atoms with Crippen molar-refractivity contribution in [3.63, 3.8) is 0 Å². The average Bonchev–Trinajstić information content (AvgIpc) is 2.75. The fraction of sp³-hybridized carbons (Fsp3) is 0.364. The molecule has 0 fully saturated rings. The lowest BCUT2D eigenvalue weighted by Crippen LogP contribution is -2.36. The summed E-state index contributed by atoms with van der Waals surface area (Å²) in [7, 11) is 3.16. The number of benzene rings is 2. The smallest absolute Gasteiger partial charge is 0.252 e. The summed E-state index contributed by atoms with van der Waals surface area (Å²) >= 11 is 6.83. The fourth-order valence-electron chi connectivity index (χ4n) is 2.91. The predicted molar refractivity (Wildman–Crippen MR) is 127 cm³/mol. The Morgan fingerprint density at radius 2 is 1.74 bits per heavy atom. The van der Waals surface area contributed by atoms with Crippen molar-refractivity contribution in [2.24, 2.45) is 0 Å². The number of hydrogen-bond acceptors (Lipinski definition) is 5. The third-order valence-corrected chi connectivity index (χ3v) is 5.78. The van der Waals surface area contributed by atoms with Crippen molar-refractivity contribution in [3.8, 4) is 11.5 Å². The third-order valence-electron chi connectivity index (χ3n) is 4.50. The van der Waals surface area contributed by atoms with E-state index in [1.807, 2.05) is 30.3 Å². The van der Waals surface area contributed by atoms with Crippen LogP contribution >= 0.6 is 31.9 Å². The Hall–Kier alpha value is -2.10. The number of ether oxygens (including phenoxy) is 2. The van der Waals surface area contributed by atoms with Gasteiger partial charge in [0.1, 0.15) is 0 Å². The summed E-state index contributed by atoms with van der Waals surface area (Å²) in [6.07, 6.45) is 2.84. The molecule has 0 aliphatic rings. The minimum atomic E-state index is -0.101. The Labute approximate surface area is 199 Å². The van der Waals surface area contributed by atoms with E-state index in [0.29, 0.717) is 36.6 Å². The minimum absolute atomic E-state index is 0.0724. The Bertz CT molecular complexity index is 893. The van der Waals surface area contributed by atoms with Crippen LogP contribution in [-0.2, 0) is 11.3 Å². The topological polar surface area (TPSA) is 88.7 Å². The first-order valence-electron chi connectivity index (χ1n) is 9.91. The first-order valence-corrected chi connectivity index (χ1v) is 11.5. The lowest BCUT2D eigenvalue weighted by Gasteiger charge is -2.13. The van der Waals surface area contributed by atoms with E-state index in [1.165, 1.54) is 0 Å². The lowest BCUT2D eigenvalue weighted by molar-refractivity contribution is -0.122. The monoisotopic (exact) mass is 555 g/mol. The molecule has 31 heavy (non-hydrogen) atoms. The number of nitrogens with one attached hydrogen (secondary N) is 3. The highest BCUT2D eigenvalue weighted by Gasteiger charge is 2.11. The van der Waals surface area contributed by atoms with Gasteiger partial charge in [-0.2, -0.15) is 0 Å². The molecule has 0 aliphatic heterocycles. The Morgan fingerprint density at radius 3 is 2.45 bits per heavy atom. The Balaban J connectivity index is 1.60. The van der Waals surface area contributed by atoms with Gasteiger partial charge in [-0.25, -0.2) is 5.43 Å². The minimum Gasteiger partial charge on any atom is -0.493 e. The van der Waals surface area contributed by atoms with Gasteiger partial charge in [0.25, 0.3) is 5.91 Å². The van der Waals surface area contributed by atoms with E-state index in [4.69, 9.17) is 9.47 Å². The highest BCUT2D eigenvalue weighted by molar-refractivity contribution is 9.10. The second kappa shape index (κ2) is 13.3. The van der Waals surface area contributed by atoms with Crippen LogP contribution in [0.25, 0.3) is 0 Å². The molecular formula is C22H27Br2N3O4. The van der Waals surface area contributed by atoms with Gasteiger partial charge in [-0.3, -0.25) is 15.0 Å². The number of hydrogen-bond donors (Lipinski definition) is 3. The molecule has 0 spiro atoms. The molecule has 9 heteroatoms. The first kappa shape index (κ1) is 25.2. The Morgan fingerprint density at radius 1 is 0.968 bits per heavy atom. The molecule has 7 nitrogen and oxygen atoms in total. The van der Waals surface area contributed by atoms with Crippen molar-refractivity contribution in [2.75, 3.05) is 20.8 Å². The van der Waals surface area contributed by atoms with Crippen LogP contribution in [0.2, 0.25) is 0 Å². The number of halogens is 2. The van der Waals surface area contributed by atoms with Gasteiger partial charge in [0.2, 0.25) is 5.91 Å². The van der Waals surface area contributed by atoms with Gasteiger partial charge >= 0.3 is 0 Å². The maximum absolute atomic E-state index is 12.1. The second-order valence-electron chi connectivity index (χ2n) is 6.76. The number of rotatable bonds is 12. The quantitative estimate of drug-likeness (QED) is 0.267. The van der Waals surface area contributed by atoms with E-state index in [1.54, 1.807) is 20.3 Å². The molecule has 2 aromatic rings. The van der Waals surface area contributed by atoms with Crippen LogP contribution in [0.5, 0.6) is 11.5 Å². The summed E-state index contributed by atoms with van der Waals surface area (Å²) in [4.78, 5) is 24.1. The maximum Gasteiger partial charge on any atom is 0.252 e. The molecular weight excluding hydrogens is 530 g/mol. The van der Waals surface area contributed by atoms with Crippen LogP contribution < -0.4 is 25.6 Å². The molecule has 0 aromatic heterocycles. The molecule has 168 valence electrons. The van der Waals surface area contributed by atoms with Gasteiger partial charge in [0, 0.05) is 24.0 Å². The highest BCUT2D eigenvalue weighted by Crippen LogP contribution is 2.36. The van der Waals surface area contributed by atoms with Crippen molar-refractivity contribution in [2.45, 2.75) is 32.2 Å². The van der Waals surface area contributed by atoms with Crippen molar-refractivity contribution in [1.29, 1.82) is 0 Å². The zero-order valence-corrected chi connectivity index (χ0v) is 20.8. The number of carbonyl (C=O) groups is 2. The van der Waals surface area contributed by atoms with Crippen LogP contribution in [0.3, 0.4) is 0 Å². The largest absolute Gasteiger partial charge is 0.493 e. The standard InChI is InChI=1S/C22H27Br2N3O4/c1-30-19-13-15(12-18(24)21(19)31-2)14-26-27-20(28)10-4-3-7-11-25-22(29)16-8-5-6-9-17(16)23/h5-6,8-9,12-13,26H,3-4,7,10-11,14H2,1-2H3,(H,25,29)(H,27,28). The lowest BCUT2D eigenvalue weighted by atomic mass is 10.1. The van der Waals surface area contributed by atoms with Crippen molar-refractivity contribution in [3.05, 3.63) is 56.5 Å².